The molecule has 48 heavy (non-hydrogen) atoms. The number of amides is 4. The Bertz CT molecular complexity index is 1140. The smallest absolute Gasteiger partial charge is 0.440 e. The van der Waals surface area contributed by atoms with Gasteiger partial charge in [-0.05, 0) is 80.0 Å². The van der Waals surface area contributed by atoms with Crippen molar-refractivity contribution in [1.29, 1.82) is 0 Å². The highest BCUT2D eigenvalue weighted by Crippen LogP contribution is 2.46. The van der Waals surface area contributed by atoms with Crippen molar-refractivity contribution in [2.24, 2.45) is 21.7 Å². The Hall–Kier alpha value is -3.71. The van der Waals surface area contributed by atoms with E-state index in [1.165, 1.54) is 6.92 Å². The highest BCUT2D eigenvalue weighted by atomic mass is 16.7. The van der Waals surface area contributed by atoms with Gasteiger partial charge in [-0.3, -0.25) is 0 Å². The predicted octanol–water partition coefficient (Wildman–Crippen LogP) is 5.90. The Morgan fingerprint density at radius 2 is 1.10 bits per heavy atom. The molecule has 2 fully saturated rings. The maximum absolute atomic E-state index is 12.4. The van der Waals surface area contributed by atoms with Gasteiger partial charge in [0.05, 0.1) is 13.2 Å². The van der Waals surface area contributed by atoms with Crippen LogP contribution in [0.1, 0.15) is 107 Å². The quantitative estimate of drug-likeness (QED) is 0.0601. The predicted molar refractivity (Wildman–Crippen MR) is 178 cm³/mol. The van der Waals surface area contributed by atoms with Crippen molar-refractivity contribution in [1.82, 2.24) is 21.4 Å². The summed E-state index contributed by atoms with van der Waals surface area (Å²) < 4.78 is 20.3. The van der Waals surface area contributed by atoms with Crippen LogP contribution in [-0.4, -0.2) is 75.4 Å². The van der Waals surface area contributed by atoms with Crippen molar-refractivity contribution < 1.29 is 47.8 Å². The molecule has 14 nitrogen and oxygen atoms in total. The SMILES string of the molecule is C=C(C)C(=O)OCCOC(=O)NOC(=O)NC1CC(C)(C)CC(C)(CNC(=O)OCCCCOC(=O)NC2CC(C)(C)CC(C)(C)C2)C1. The average Bonchev–Trinajstić information content (AvgIpc) is 2.92. The van der Waals surface area contributed by atoms with Crippen molar-refractivity contribution in [2.75, 3.05) is 33.0 Å². The molecule has 2 saturated carbocycles. The molecule has 0 bridgehead atoms. The minimum absolute atomic E-state index is 0.0893. The van der Waals surface area contributed by atoms with E-state index in [0.29, 0.717) is 32.2 Å². The number of ether oxygens (including phenoxy) is 4. The molecule has 4 amide bonds. The number of rotatable bonds is 13. The Balaban J connectivity index is 1.64. The van der Waals surface area contributed by atoms with Gasteiger partial charge in [0.15, 0.2) is 0 Å². The second-order valence-corrected chi connectivity index (χ2v) is 16.0. The number of carbonyl (C=O) groups excluding carboxylic acids is 5. The van der Waals surface area contributed by atoms with Crippen molar-refractivity contribution >= 4 is 30.3 Å². The molecule has 0 aliphatic heterocycles. The Morgan fingerprint density at radius 1 is 0.625 bits per heavy atom. The van der Waals surface area contributed by atoms with Gasteiger partial charge in [0.2, 0.25) is 0 Å². The topological polar surface area (TPSA) is 180 Å². The first-order valence-corrected chi connectivity index (χ1v) is 16.7. The average molecular weight is 683 g/mol. The van der Waals surface area contributed by atoms with Gasteiger partial charge < -0.3 is 39.7 Å². The van der Waals surface area contributed by atoms with Gasteiger partial charge in [-0.2, -0.15) is 0 Å². The first-order valence-electron chi connectivity index (χ1n) is 16.7. The molecule has 2 rings (SSSR count). The van der Waals surface area contributed by atoms with Crippen molar-refractivity contribution in [3.05, 3.63) is 12.2 Å². The van der Waals surface area contributed by atoms with E-state index in [9.17, 15) is 24.0 Å². The summed E-state index contributed by atoms with van der Waals surface area (Å²) in [7, 11) is 0. The van der Waals surface area contributed by atoms with Crippen LogP contribution in [0, 0.1) is 21.7 Å². The third-order valence-corrected chi connectivity index (χ3v) is 8.43. The molecule has 274 valence electrons. The van der Waals surface area contributed by atoms with E-state index >= 15 is 0 Å². The molecule has 0 saturated heterocycles. The van der Waals surface area contributed by atoms with Crippen LogP contribution in [0.4, 0.5) is 19.2 Å². The number of hydrogen-bond donors (Lipinski definition) is 4. The number of esters is 1. The van der Waals surface area contributed by atoms with Crippen molar-refractivity contribution in [2.45, 2.75) is 119 Å². The maximum Gasteiger partial charge on any atom is 0.440 e. The lowest BCUT2D eigenvalue weighted by Gasteiger charge is -2.46. The fraction of sp³-hybridized carbons (Fsp3) is 0.794. The van der Waals surface area contributed by atoms with Crippen molar-refractivity contribution in [3.8, 4) is 0 Å². The van der Waals surface area contributed by atoms with E-state index in [4.69, 9.17) is 23.8 Å². The fourth-order valence-corrected chi connectivity index (χ4v) is 7.60. The number of alkyl carbamates (subject to hydrolysis) is 2. The summed E-state index contributed by atoms with van der Waals surface area (Å²) in [6, 6.07) is -0.192. The van der Waals surface area contributed by atoms with E-state index in [1.807, 2.05) is 12.4 Å². The lowest BCUT2D eigenvalue weighted by atomic mass is 9.62. The van der Waals surface area contributed by atoms with Gasteiger partial charge in [-0.15, -0.1) is 5.48 Å². The van der Waals surface area contributed by atoms with Crippen LogP contribution in [0.25, 0.3) is 0 Å². The zero-order valence-corrected chi connectivity index (χ0v) is 30.1. The summed E-state index contributed by atoms with van der Waals surface area (Å²) in [5.41, 5.74) is 1.94. The zero-order valence-electron chi connectivity index (χ0n) is 30.1. The molecule has 2 aliphatic carbocycles. The Kier molecular flexibility index (Phi) is 14.9. The molecule has 2 aliphatic rings. The van der Waals surface area contributed by atoms with Crippen LogP contribution in [0.2, 0.25) is 0 Å². The summed E-state index contributed by atoms with van der Waals surface area (Å²) in [4.78, 5) is 64.9. The molecule has 0 aromatic heterocycles. The number of hydroxylamine groups is 1. The van der Waals surface area contributed by atoms with Crippen molar-refractivity contribution in [3.63, 3.8) is 0 Å². The molecule has 2 unspecified atom stereocenters. The van der Waals surface area contributed by atoms with Crippen LogP contribution in [0.5, 0.6) is 0 Å². The van der Waals surface area contributed by atoms with E-state index in [2.05, 4.69) is 64.1 Å². The molecule has 14 heteroatoms. The molecule has 0 radical (unpaired) electrons. The van der Waals surface area contributed by atoms with Crippen LogP contribution >= 0.6 is 0 Å². The summed E-state index contributed by atoms with van der Waals surface area (Å²) in [5, 5.41) is 8.62. The lowest BCUT2D eigenvalue weighted by molar-refractivity contribution is -0.140. The molecule has 0 aromatic carbocycles. The number of nitrogens with one attached hydrogen (secondary N) is 4. The monoisotopic (exact) mass is 682 g/mol. The van der Waals surface area contributed by atoms with E-state index in [-0.39, 0.29) is 65.7 Å². The third kappa shape index (κ3) is 15.9. The van der Waals surface area contributed by atoms with Gasteiger partial charge in [0.1, 0.15) is 13.2 Å². The molecule has 2 atom stereocenters. The molecular weight excluding hydrogens is 624 g/mol. The van der Waals surface area contributed by atoms with Gasteiger partial charge >= 0.3 is 30.3 Å². The largest absolute Gasteiger partial charge is 0.459 e. The maximum atomic E-state index is 12.4. The number of carbonyl (C=O) groups is 5. The van der Waals surface area contributed by atoms with Gasteiger partial charge in [-0.25, -0.2) is 24.0 Å². The van der Waals surface area contributed by atoms with Crippen LogP contribution in [0.15, 0.2) is 12.2 Å². The van der Waals surface area contributed by atoms with Gasteiger partial charge in [0.25, 0.3) is 0 Å². The summed E-state index contributed by atoms with van der Waals surface area (Å²) >= 11 is 0. The first-order chi connectivity index (χ1) is 22.2. The van der Waals surface area contributed by atoms with E-state index < -0.39 is 30.3 Å². The van der Waals surface area contributed by atoms with Crippen LogP contribution in [0.3, 0.4) is 0 Å². The summed E-state index contributed by atoms with van der Waals surface area (Å²) in [6.07, 6.45) is 3.26. The van der Waals surface area contributed by atoms with Gasteiger partial charge in [0, 0.05) is 24.2 Å². The second-order valence-electron chi connectivity index (χ2n) is 16.0. The highest BCUT2D eigenvalue weighted by Gasteiger charge is 2.42. The van der Waals surface area contributed by atoms with Crippen LogP contribution in [-0.2, 0) is 28.6 Å². The first kappa shape index (κ1) is 40.5. The van der Waals surface area contributed by atoms with E-state index in [1.54, 1.807) is 0 Å². The minimum Gasteiger partial charge on any atom is -0.459 e. The normalized spacial score (nSPS) is 22.6. The molecule has 0 aromatic rings. The second kappa shape index (κ2) is 17.6. The highest BCUT2D eigenvalue weighted by molar-refractivity contribution is 5.86. The molecular formula is C34H58N4O10. The van der Waals surface area contributed by atoms with E-state index in [0.717, 1.165) is 25.7 Å². The molecule has 0 heterocycles. The van der Waals surface area contributed by atoms with Crippen LogP contribution < -0.4 is 21.4 Å². The Labute approximate surface area is 285 Å². The standard InChI is InChI=1S/C34H58N4O10/c1-23(2)26(39)44-14-15-47-30(43)38-48-29(42)37-25-18-33(7,8)21-34(9,19-25)22-35-27(40)45-12-10-11-13-46-28(41)36-24-16-31(3,4)20-32(5,6)17-24/h24-25H,1,10-22H2,2-9H3,(H,35,40)(H,36,41)(H,37,42)(H,38,43). The summed E-state index contributed by atoms with van der Waals surface area (Å²) in [5.74, 6) is -0.605. The summed E-state index contributed by atoms with van der Waals surface area (Å²) in [6.45, 7) is 20.4. The number of unbranched alkanes of at least 4 members (excludes halogenated alkanes) is 1. The molecule has 4 N–H and O–H groups in total. The Morgan fingerprint density at radius 3 is 1.69 bits per heavy atom. The van der Waals surface area contributed by atoms with Gasteiger partial charge in [-0.1, -0.05) is 55.0 Å². The minimum atomic E-state index is -1.02. The number of hydrogen-bond acceptors (Lipinski definition) is 10. The zero-order chi connectivity index (χ0) is 36.2. The third-order valence-electron chi connectivity index (χ3n) is 8.43. The lowest BCUT2D eigenvalue weighted by Crippen LogP contribution is -2.51. The fourth-order valence-electron chi connectivity index (χ4n) is 7.60. The molecule has 0 spiro atoms.